The van der Waals surface area contributed by atoms with E-state index in [-0.39, 0.29) is 41.4 Å². The Balaban J connectivity index is 1.25. The molecule has 336 valence electrons. The number of allylic oxidation sites excluding steroid dienone is 1. The minimum atomic E-state index is -5.44. The molecule has 0 aliphatic carbocycles. The summed E-state index contributed by atoms with van der Waals surface area (Å²) < 4.78 is 65.0. The first kappa shape index (κ1) is 46.6. The Labute approximate surface area is 354 Å². The molecule has 3 aromatic heterocycles. The van der Waals surface area contributed by atoms with Gasteiger partial charge in [0.15, 0.2) is 36.1 Å². The lowest BCUT2D eigenvalue weighted by Crippen LogP contribution is -2.49. The molecule has 2 aliphatic rings. The number of aliphatic hydroxyl groups excluding tert-OH is 2. The van der Waals surface area contributed by atoms with Gasteiger partial charge in [-0.2, -0.15) is 4.98 Å². The monoisotopic (exact) mass is 931 g/mol. The van der Waals surface area contributed by atoms with E-state index >= 15 is 0 Å². The predicted molar refractivity (Wildman–Crippen MR) is 209 cm³/mol. The van der Waals surface area contributed by atoms with Crippen molar-refractivity contribution in [3.05, 3.63) is 77.3 Å². The van der Waals surface area contributed by atoms with Crippen molar-refractivity contribution < 1.29 is 76.1 Å². The molecular weight excluding hydrogens is 892 g/mol. The zero-order valence-corrected chi connectivity index (χ0v) is 34.4. The summed E-state index contributed by atoms with van der Waals surface area (Å²) in [6.45, 7) is 1.05. The molecule has 5 heterocycles. The number of carbonyl (C=O) groups excluding carboxylic acids is 2. The summed E-state index contributed by atoms with van der Waals surface area (Å²) in [6.07, 6.45) is -9.04. The van der Waals surface area contributed by atoms with Crippen molar-refractivity contribution >= 4 is 61.9 Å². The zero-order valence-electron chi connectivity index (χ0n) is 31.9. The number of anilines is 2. The first-order valence-corrected chi connectivity index (χ1v) is 21.5. The first-order valence-electron chi connectivity index (χ1n) is 18.1. The quantitative estimate of drug-likeness (QED) is 0.0333. The fourth-order valence-corrected chi connectivity index (χ4v) is 7.75. The Bertz CT molecular complexity index is 2420. The van der Waals surface area contributed by atoms with Gasteiger partial charge < -0.3 is 60.6 Å². The number of rotatable bonds is 19. The highest BCUT2D eigenvalue weighted by molar-refractivity contribution is 7.47. The van der Waals surface area contributed by atoms with Gasteiger partial charge in [0.1, 0.15) is 60.5 Å². The number of imidazole rings is 1. The molecule has 62 heavy (non-hydrogen) atoms. The van der Waals surface area contributed by atoms with Crippen LogP contribution in [0.2, 0.25) is 5.02 Å². The number of esters is 1. The van der Waals surface area contributed by atoms with Crippen LogP contribution in [0.4, 0.5) is 11.6 Å². The molecular formula is C33H40ClN9O17P2. The number of amides is 1. The van der Waals surface area contributed by atoms with Crippen LogP contribution in [0.25, 0.3) is 11.2 Å². The predicted octanol–water partition coefficient (Wildman–Crippen LogP) is -0.529. The van der Waals surface area contributed by atoms with Crippen molar-refractivity contribution in [2.24, 2.45) is 0 Å². The highest BCUT2D eigenvalue weighted by Gasteiger charge is 2.52. The maximum absolute atomic E-state index is 13.9. The van der Waals surface area contributed by atoms with Gasteiger partial charge in [-0.05, 0) is 30.7 Å². The van der Waals surface area contributed by atoms with E-state index in [4.69, 9.17) is 51.1 Å². The summed E-state index contributed by atoms with van der Waals surface area (Å²) in [7, 11) is -10.6. The highest BCUT2D eigenvalue weighted by Crippen LogP contribution is 2.50. The smallest absolute Gasteiger partial charge is 0.472 e. The van der Waals surface area contributed by atoms with Gasteiger partial charge in [-0.15, -0.1) is 6.58 Å². The normalized spacial score (nSPS) is 25.3. The molecule has 2 unspecified atom stereocenters. The van der Waals surface area contributed by atoms with Crippen LogP contribution in [0.5, 0.6) is 5.75 Å². The van der Waals surface area contributed by atoms with E-state index in [2.05, 4.69) is 36.4 Å². The third-order valence-corrected chi connectivity index (χ3v) is 10.8. The van der Waals surface area contributed by atoms with Crippen LogP contribution in [0.1, 0.15) is 25.3 Å². The van der Waals surface area contributed by atoms with Gasteiger partial charge in [0.25, 0.3) is 0 Å². The number of benzene rings is 1. The number of phosphoric ester groups is 2. The van der Waals surface area contributed by atoms with Crippen LogP contribution in [-0.2, 0) is 46.5 Å². The standard InChI is InChI=1S/C33H40ClN9O17P2/c1-2-3-7-22(44)40-18(11-54-17-6-4-5-16(34)10-17)32(47)59-26-19(57-31(24(26)45)43-15-39-23-28(36)37-14-38-29(23)43)13-56-62(52,53)60-27-20(12-55-61(49,50)51)58-30(25(27)46)42-9-8-21(35)41-33(42)48/h2,4-6,8-10,14-15,18-20,24-27,30-31,45-46H,1,3,7,11-13H2,(H,40,44)(H,52,53)(H2,35,41,48)(H2,36,37,38)(H2,49,50,51)/t18?,19-,20-,24-,25-,26-,27-,30-,31-/m1/s1. The number of carbonyl (C=O) groups is 2. The van der Waals surface area contributed by atoms with Crippen LogP contribution in [-0.4, -0.2) is 128 Å². The second-order valence-corrected chi connectivity index (χ2v) is 16.6. The van der Waals surface area contributed by atoms with Gasteiger partial charge in [0, 0.05) is 17.6 Å². The molecule has 2 aliphatic heterocycles. The van der Waals surface area contributed by atoms with Crippen molar-refractivity contribution in [2.45, 2.75) is 68.0 Å². The van der Waals surface area contributed by atoms with Gasteiger partial charge in [0.2, 0.25) is 5.91 Å². The number of phosphoric acid groups is 2. The first-order chi connectivity index (χ1) is 29.3. The lowest BCUT2D eigenvalue weighted by Gasteiger charge is -2.26. The second kappa shape index (κ2) is 19.6. The highest BCUT2D eigenvalue weighted by atomic mass is 35.5. The van der Waals surface area contributed by atoms with Crippen LogP contribution in [0.3, 0.4) is 0 Å². The lowest BCUT2D eigenvalue weighted by atomic mass is 10.1. The minimum absolute atomic E-state index is 0.0282. The maximum Gasteiger partial charge on any atom is 0.472 e. The van der Waals surface area contributed by atoms with Crippen molar-refractivity contribution in [3.8, 4) is 5.75 Å². The number of nitrogens with zero attached hydrogens (tertiary/aromatic N) is 6. The Morgan fingerprint density at radius 2 is 1.69 bits per heavy atom. The average Bonchev–Trinajstić information content (AvgIpc) is 3.87. The van der Waals surface area contributed by atoms with E-state index in [1.54, 1.807) is 18.2 Å². The minimum Gasteiger partial charge on any atom is -0.491 e. The van der Waals surface area contributed by atoms with Crippen LogP contribution in [0, 0.1) is 0 Å². The number of nitrogens with one attached hydrogen (secondary N) is 1. The van der Waals surface area contributed by atoms with Crippen molar-refractivity contribution in [1.82, 2.24) is 34.4 Å². The largest absolute Gasteiger partial charge is 0.491 e. The number of ether oxygens (including phenoxy) is 4. The topological polar surface area (TPSA) is 377 Å². The summed E-state index contributed by atoms with van der Waals surface area (Å²) >= 11 is 6.06. The molecule has 0 bridgehead atoms. The fraction of sp³-hybridized carbons (Fsp3) is 0.424. The molecule has 0 radical (unpaired) electrons. The van der Waals surface area contributed by atoms with E-state index < -0.39 is 108 Å². The van der Waals surface area contributed by atoms with Gasteiger partial charge in [-0.1, -0.05) is 23.7 Å². The molecule has 1 aromatic carbocycles. The third kappa shape index (κ3) is 11.4. The molecule has 26 nitrogen and oxygen atoms in total. The number of fused-ring (bicyclic) bond motifs is 1. The van der Waals surface area contributed by atoms with Crippen LogP contribution in [0.15, 0.2) is 66.6 Å². The molecule has 10 atom stereocenters. The van der Waals surface area contributed by atoms with Crippen LogP contribution < -0.4 is 27.2 Å². The Morgan fingerprint density at radius 3 is 2.39 bits per heavy atom. The van der Waals surface area contributed by atoms with E-state index in [0.29, 0.717) is 5.02 Å². The third-order valence-electron chi connectivity index (χ3n) is 9.13. The SMILES string of the molecule is C=CCCC(=O)NC(COc1cccc(Cl)c1)C(=O)O[C@H]1[C@@H](O)[C@H](n2cnc3c(N)ncnc32)O[C@@H]1COP(=O)(O)O[C@H]1[C@@H](O)[C@H](n2ccc(N)nc2=O)O[C@@H]1COP(=O)(O)O. The zero-order chi connectivity index (χ0) is 44.9. The molecule has 1 amide bonds. The summed E-state index contributed by atoms with van der Waals surface area (Å²) in [6, 6.07) is 5.81. The number of hydrogen-bond acceptors (Lipinski definition) is 20. The van der Waals surface area contributed by atoms with Crippen molar-refractivity contribution in [2.75, 3.05) is 31.3 Å². The number of nitrogens with two attached hydrogens (primary N) is 2. The molecule has 29 heteroatoms. The van der Waals surface area contributed by atoms with Crippen LogP contribution >= 0.6 is 27.2 Å². The van der Waals surface area contributed by atoms with Gasteiger partial charge >= 0.3 is 27.3 Å². The number of nitrogen functional groups attached to an aromatic ring is 2. The Kier molecular flexibility index (Phi) is 14.8. The van der Waals surface area contributed by atoms with Gasteiger partial charge in [-0.25, -0.2) is 33.7 Å². The molecule has 2 saturated heterocycles. The van der Waals surface area contributed by atoms with E-state index in [1.807, 2.05) is 0 Å². The van der Waals surface area contributed by atoms with E-state index in [9.17, 15) is 48.4 Å². The Morgan fingerprint density at radius 1 is 1.00 bits per heavy atom. The number of aliphatic hydroxyl groups is 2. The molecule has 10 N–H and O–H groups in total. The molecule has 2 fully saturated rings. The summed E-state index contributed by atoms with van der Waals surface area (Å²) in [4.78, 5) is 84.4. The summed E-state index contributed by atoms with van der Waals surface area (Å²) in [5, 5.41) is 25.6. The number of halogens is 1. The number of aromatic nitrogens is 6. The molecule has 0 saturated carbocycles. The second-order valence-electron chi connectivity index (χ2n) is 13.5. The summed E-state index contributed by atoms with van der Waals surface area (Å²) in [5.41, 5.74) is 10.6. The molecule has 0 spiro atoms. The van der Waals surface area contributed by atoms with Gasteiger partial charge in [0.05, 0.1) is 19.5 Å². The van der Waals surface area contributed by atoms with Crippen molar-refractivity contribution in [1.29, 1.82) is 0 Å². The summed E-state index contributed by atoms with van der Waals surface area (Å²) in [5.74, 6) is -1.74. The van der Waals surface area contributed by atoms with E-state index in [0.717, 1.165) is 17.1 Å². The van der Waals surface area contributed by atoms with Gasteiger partial charge in [-0.3, -0.25) is 27.5 Å². The number of hydrogen-bond donors (Lipinski definition) is 8. The Hall–Kier alpha value is -4.92. The molecule has 4 aromatic rings. The molecule has 6 rings (SSSR count). The lowest BCUT2D eigenvalue weighted by molar-refractivity contribution is -0.161. The average molecular weight is 932 g/mol. The van der Waals surface area contributed by atoms with Crippen molar-refractivity contribution in [3.63, 3.8) is 0 Å². The maximum atomic E-state index is 13.9. The fourth-order valence-electron chi connectivity index (χ4n) is 6.26. The van der Waals surface area contributed by atoms with E-state index in [1.165, 1.54) is 29.1 Å².